The lowest BCUT2D eigenvalue weighted by atomic mass is 10.2. The van der Waals surface area contributed by atoms with Crippen LogP contribution in [0.2, 0.25) is 5.02 Å². The lowest BCUT2D eigenvalue weighted by Gasteiger charge is -2.08. The van der Waals surface area contributed by atoms with Gasteiger partial charge in [-0.05, 0) is 36.4 Å². The molecule has 1 amide bonds. The van der Waals surface area contributed by atoms with Crippen LogP contribution >= 0.6 is 23.4 Å². The molecule has 0 aliphatic heterocycles. The average molecular weight is 379 g/mol. The second-order valence-electron chi connectivity index (χ2n) is 5.14. The number of anilines is 1. The number of nitrogens with two attached hydrogens (primary N) is 1. The Kier molecular flexibility index (Phi) is 7.63. The van der Waals surface area contributed by atoms with Crippen LogP contribution in [-0.4, -0.2) is 30.8 Å². The van der Waals surface area contributed by atoms with Crippen LogP contribution in [0.25, 0.3) is 0 Å². The van der Waals surface area contributed by atoms with Crippen molar-refractivity contribution in [2.75, 3.05) is 24.6 Å². The zero-order chi connectivity index (χ0) is 18.1. The van der Waals surface area contributed by atoms with Gasteiger partial charge in [-0.25, -0.2) is 4.79 Å². The van der Waals surface area contributed by atoms with Crippen molar-refractivity contribution in [2.45, 2.75) is 11.3 Å². The first-order chi connectivity index (χ1) is 12.1. The van der Waals surface area contributed by atoms with Crippen LogP contribution in [0.3, 0.4) is 0 Å². The topological polar surface area (TPSA) is 81.4 Å². The minimum atomic E-state index is -0.671. The first-order valence-corrected chi connectivity index (χ1v) is 9.10. The molecule has 0 heterocycles. The van der Waals surface area contributed by atoms with Crippen molar-refractivity contribution in [1.82, 2.24) is 5.32 Å². The summed E-state index contributed by atoms with van der Waals surface area (Å²) in [5, 5.41) is 2.99. The van der Waals surface area contributed by atoms with Crippen molar-refractivity contribution < 1.29 is 14.3 Å². The highest BCUT2D eigenvalue weighted by Gasteiger charge is 2.14. The molecule has 2 rings (SSSR count). The van der Waals surface area contributed by atoms with Crippen molar-refractivity contribution >= 4 is 40.9 Å². The van der Waals surface area contributed by atoms with Gasteiger partial charge < -0.3 is 15.8 Å². The molecule has 0 saturated heterocycles. The number of rotatable bonds is 8. The summed E-state index contributed by atoms with van der Waals surface area (Å²) in [6.07, 6.45) is 0.820. The highest BCUT2D eigenvalue weighted by Crippen LogP contribution is 2.22. The Balaban J connectivity index is 1.63. The maximum Gasteiger partial charge on any atom is 0.340 e. The second-order valence-corrected chi connectivity index (χ2v) is 6.72. The maximum absolute atomic E-state index is 11.9. The minimum Gasteiger partial charge on any atom is -0.452 e. The van der Waals surface area contributed by atoms with Gasteiger partial charge >= 0.3 is 5.97 Å². The molecule has 0 aliphatic carbocycles. The van der Waals surface area contributed by atoms with Crippen LogP contribution in [0.15, 0.2) is 53.4 Å². The molecule has 3 N–H and O–H groups in total. The van der Waals surface area contributed by atoms with Gasteiger partial charge in [-0.2, -0.15) is 0 Å². The van der Waals surface area contributed by atoms with Crippen LogP contribution < -0.4 is 11.1 Å². The Labute approximate surface area is 155 Å². The molecule has 0 unspecified atom stereocenters. The fraction of sp³-hybridized carbons (Fsp3) is 0.222. The number of hydrogen-bond acceptors (Lipinski definition) is 5. The molecule has 2 aromatic carbocycles. The van der Waals surface area contributed by atoms with Crippen LogP contribution in [0.4, 0.5) is 5.69 Å². The third-order valence-electron chi connectivity index (χ3n) is 3.26. The van der Waals surface area contributed by atoms with Gasteiger partial charge in [0.1, 0.15) is 0 Å². The van der Waals surface area contributed by atoms with Gasteiger partial charge in [0.15, 0.2) is 6.61 Å². The third-order valence-corrected chi connectivity index (χ3v) is 4.69. The highest BCUT2D eigenvalue weighted by atomic mass is 35.5. The van der Waals surface area contributed by atoms with Crippen molar-refractivity contribution in [3.05, 3.63) is 59.1 Å². The molecular weight excluding hydrogens is 360 g/mol. The average Bonchev–Trinajstić information content (AvgIpc) is 2.62. The van der Waals surface area contributed by atoms with Gasteiger partial charge in [0.05, 0.1) is 16.3 Å². The molecule has 0 saturated carbocycles. The number of nitrogen functional groups attached to an aromatic ring is 1. The van der Waals surface area contributed by atoms with Gasteiger partial charge in [0.25, 0.3) is 5.91 Å². The van der Waals surface area contributed by atoms with E-state index in [1.54, 1.807) is 23.9 Å². The third kappa shape index (κ3) is 6.32. The van der Waals surface area contributed by atoms with Crippen molar-refractivity contribution in [1.29, 1.82) is 0 Å². The standard InChI is InChI=1S/C18H19ClN2O3S/c19-15-9-4-8-14(17(15)20)18(23)24-12-16(22)21-10-5-11-25-13-6-2-1-3-7-13/h1-4,6-9H,5,10-12,20H2,(H,21,22). The molecule has 0 fully saturated rings. The molecule has 0 aromatic heterocycles. The number of esters is 1. The number of nitrogens with one attached hydrogen (secondary N) is 1. The van der Waals surface area contributed by atoms with E-state index in [0.29, 0.717) is 6.54 Å². The predicted octanol–water partition coefficient (Wildman–Crippen LogP) is 3.38. The summed E-state index contributed by atoms with van der Waals surface area (Å²) in [4.78, 5) is 24.8. The van der Waals surface area contributed by atoms with Crippen LogP contribution in [0.5, 0.6) is 0 Å². The predicted molar refractivity (Wildman–Crippen MR) is 101 cm³/mol. The second kappa shape index (κ2) is 9.96. The first-order valence-electron chi connectivity index (χ1n) is 7.73. The molecule has 0 spiro atoms. The molecule has 0 radical (unpaired) electrons. The zero-order valence-corrected chi connectivity index (χ0v) is 15.1. The molecule has 0 bridgehead atoms. The van der Waals surface area contributed by atoms with Crippen LogP contribution in [0.1, 0.15) is 16.8 Å². The fourth-order valence-electron chi connectivity index (χ4n) is 1.98. The largest absolute Gasteiger partial charge is 0.452 e. The normalized spacial score (nSPS) is 10.3. The smallest absolute Gasteiger partial charge is 0.340 e. The molecule has 25 heavy (non-hydrogen) atoms. The van der Waals surface area contributed by atoms with Gasteiger partial charge in [-0.1, -0.05) is 35.9 Å². The van der Waals surface area contributed by atoms with E-state index in [-0.39, 0.29) is 28.8 Å². The van der Waals surface area contributed by atoms with Gasteiger partial charge in [-0.3, -0.25) is 4.79 Å². The molecule has 132 valence electrons. The van der Waals surface area contributed by atoms with E-state index in [0.717, 1.165) is 12.2 Å². The van der Waals surface area contributed by atoms with E-state index >= 15 is 0 Å². The SMILES string of the molecule is Nc1c(Cl)cccc1C(=O)OCC(=O)NCCCSc1ccccc1. The van der Waals surface area contributed by atoms with Gasteiger partial charge in [-0.15, -0.1) is 11.8 Å². The Hall–Kier alpha value is -2.18. The van der Waals surface area contributed by atoms with E-state index < -0.39 is 5.97 Å². The Morgan fingerprint density at radius 3 is 2.64 bits per heavy atom. The van der Waals surface area contributed by atoms with Crippen molar-refractivity contribution in [3.8, 4) is 0 Å². The number of halogens is 1. The lowest BCUT2D eigenvalue weighted by Crippen LogP contribution is -2.30. The molecule has 0 atom stereocenters. The van der Waals surface area contributed by atoms with Crippen molar-refractivity contribution in [2.24, 2.45) is 0 Å². The highest BCUT2D eigenvalue weighted by molar-refractivity contribution is 7.99. The van der Waals surface area contributed by atoms with E-state index in [1.807, 2.05) is 30.3 Å². The summed E-state index contributed by atoms with van der Waals surface area (Å²) in [6, 6.07) is 14.7. The Bertz CT molecular complexity index is 726. The number of carbonyl (C=O) groups is 2. The lowest BCUT2D eigenvalue weighted by molar-refractivity contribution is -0.124. The summed E-state index contributed by atoms with van der Waals surface area (Å²) >= 11 is 7.58. The number of para-hydroxylation sites is 1. The number of hydrogen-bond donors (Lipinski definition) is 2. The van der Waals surface area contributed by atoms with E-state index in [2.05, 4.69) is 5.32 Å². The van der Waals surface area contributed by atoms with E-state index in [9.17, 15) is 9.59 Å². The van der Waals surface area contributed by atoms with Gasteiger partial charge in [0.2, 0.25) is 0 Å². The summed E-state index contributed by atoms with van der Waals surface area (Å²) in [5.41, 5.74) is 6.01. The Morgan fingerprint density at radius 2 is 1.88 bits per heavy atom. The number of carbonyl (C=O) groups excluding carboxylic acids is 2. The summed E-state index contributed by atoms with van der Waals surface area (Å²) in [6.45, 7) is 0.173. The number of ether oxygens (including phenoxy) is 1. The van der Waals surface area contributed by atoms with Gasteiger partial charge in [0, 0.05) is 11.4 Å². The summed E-state index contributed by atoms with van der Waals surface area (Å²) in [7, 11) is 0. The summed E-state index contributed by atoms with van der Waals surface area (Å²) in [5.74, 6) is -0.128. The number of thioether (sulfide) groups is 1. The molecule has 7 heteroatoms. The minimum absolute atomic E-state index is 0.146. The maximum atomic E-state index is 11.9. The molecule has 5 nitrogen and oxygen atoms in total. The zero-order valence-electron chi connectivity index (χ0n) is 13.5. The van der Waals surface area contributed by atoms with Crippen LogP contribution in [0, 0.1) is 0 Å². The summed E-state index contributed by atoms with van der Waals surface area (Å²) < 4.78 is 4.96. The first kappa shape index (κ1) is 19.1. The van der Waals surface area contributed by atoms with E-state index in [4.69, 9.17) is 22.1 Å². The van der Waals surface area contributed by atoms with E-state index in [1.165, 1.54) is 11.0 Å². The molecule has 0 aliphatic rings. The molecule has 2 aromatic rings. The fourth-order valence-corrected chi connectivity index (χ4v) is 3.03. The molecular formula is C18H19ClN2O3S. The van der Waals surface area contributed by atoms with Crippen molar-refractivity contribution in [3.63, 3.8) is 0 Å². The number of benzene rings is 2. The quantitative estimate of drug-likeness (QED) is 0.318. The van der Waals surface area contributed by atoms with Crippen LogP contribution in [-0.2, 0) is 9.53 Å². The Morgan fingerprint density at radius 1 is 1.12 bits per heavy atom. The monoisotopic (exact) mass is 378 g/mol. The number of amides is 1.